The molecule has 0 aromatic heterocycles. The van der Waals surface area contributed by atoms with Gasteiger partial charge in [0.1, 0.15) is 5.78 Å². The molecule has 2 saturated carbocycles. The van der Waals surface area contributed by atoms with Crippen molar-refractivity contribution in [2.24, 2.45) is 23.2 Å². The van der Waals surface area contributed by atoms with Gasteiger partial charge in [-0.1, -0.05) is 27.2 Å². The highest BCUT2D eigenvalue weighted by atomic mass is 16.1. The molecule has 0 aromatic rings. The second kappa shape index (κ2) is 3.92. The summed E-state index contributed by atoms with van der Waals surface area (Å²) in [6.45, 7) is 6.85. The highest BCUT2D eigenvalue weighted by Crippen LogP contribution is 2.44. The number of carbonyl (C=O) groups excluding carboxylic acids is 1. The van der Waals surface area contributed by atoms with Crippen LogP contribution in [-0.2, 0) is 4.79 Å². The van der Waals surface area contributed by atoms with E-state index in [1.165, 1.54) is 32.1 Å². The first-order valence-electron chi connectivity index (χ1n) is 6.51. The zero-order chi connectivity index (χ0) is 11.1. The molecule has 0 bridgehead atoms. The van der Waals surface area contributed by atoms with Gasteiger partial charge in [-0.05, 0) is 42.9 Å². The average molecular weight is 208 g/mol. The van der Waals surface area contributed by atoms with E-state index in [1.807, 2.05) is 0 Å². The summed E-state index contributed by atoms with van der Waals surface area (Å²) in [5.41, 5.74) is 0.314. The smallest absolute Gasteiger partial charge is 0.136 e. The highest BCUT2D eigenvalue weighted by molar-refractivity contribution is 5.82. The number of ketones is 1. The zero-order valence-electron chi connectivity index (χ0n) is 10.4. The molecular formula is C14H24O. The predicted octanol–water partition coefficient (Wildman–Crippen LogP) is 3.82. The molecule has 0 heterocycles. The standard InChI is InChI=1S/C14H24O/c1-14(2,3)11-8-7-10-5-4-6-12(10)13(15)9-11/h10-12H,4-9H2,1-3H3/t10-,11-,12-/m0/s1. The number of Topliss-reactive ketones (excluding diaryl/α,β-unsaturated/α-hetero) is 1. The lowest BCUT2D eigenvalue weighted by molar-refractivity contribution is -0.124. The quantitative estimate of drug-likeness (QED) is 0.591. The number of hydrogen-bond acceptors (Lipinski definition) is 1. The van der Waals surface area contributed by atoms with Gasteiger partial charge in [-0.15, -0.1) is 0 Å². The van der Waals surface area contributed by atoms with Crippen molar-refractivity contribution in [1.29, 1.82) is 0 Å². The summed E-state index contributed by atoms with van der Waals surface area (Å²) in [7, 11) is 0. The lowest BCUT2D eigenvalue weighted by Crippen LogP contribution is -2.23. The van der Waals surface area contributed by atoms with E-state index in [9.17, 15) is 4.79 Å². The molecule has 2 aliphatic rings. The number of hydrogen-bond donors (Lipinski definition) is 0. The molecule has 0 amide bonds. The fourth-order valence-corrected chi connectivity index (χ4v) is 3.46. The van der Waals surface area contributed by atoms with Gasteiger partial charge in [0, 0.05) is 12.3 Å². The fraction of sp³-hybridized carbons (Fsp3) is 0.929. The van der Waals surface area contributed by atoms with Crippen LogP contribution in [0.25, 0.3) is 0 Å². The molecule has 0 spiro atoms. The van der Waals surface area contributed by atoms with E-state index < -0.39 is 0 Å². The predicted molar refractivity (Wildman–Crippen MR) is 62.6 cm³/mol. The summed E-state index contributed by atoms with van der Waals surface area (Å²) >= 11 is 0. The molecule has 3 atom stereocenters. The maximum absolute atomic E-state index is 12.2. The van der Waals surface area contributed by atoms with Crippen LogP contribution in [0.4, 0.5) is 0 Å². The molecule has 1 nitrogen and oxygen atoms in total. The van der Waals surface area contributed by atoms with E-state index in [0.717, 1.165) is 12.3 Å². The summed E-state index contributed by atoms with van der Waals surface area (Å²) in [6, 6.07) is 0. The Bertz CT molecular complexity index is 249. The average Bonchev–Trinajstić information content (AvgIpc) is 2.52. The maximum Gasteiger partial charge on any atom is 0.136 e. The van der Waals surface area contributed by atoms with Crippen molar-refractivity contribution in [3.8, 4) is 0 Å². The zero-order valence-corrected chi connectivity index (χ0v) is 10.4. The van der Waals surface area contributed by atoms with Crippen molar-refractivity contribution in [3.05, 3.63) is 0 Å². The molecule has 0 saturated heterocycles. The Hall–Kier alpha value is -0.330. The van der Waals surface area contributed by atoms with Gasteiger partial charge >= 0.3 is 0 Å². The summed E-state index contributed by atoms with van der Waals surface area (Å²) in [5, 5.41) is 0. The lowest BCUT2D eigenvalue weighted by atomic mass is 9.76. The molecule has 1 heteroatoms. The van der Waals surface area contributed by atoms with Gasteiger partial charge in [0.05, 0.1) is 0 Å². The van der Waals surface area contributed by atoms with E-state index in [4.69, 9.17) is 0 Å². The normalized spacial score (nSPS) is 37.5. The van der Waals surface area contributed by atoms with E-state index >= 15 is 0 Å². The van der Waals surface area contributed by atoms with E-state index in [0.29, 0.717) is 23.0 Å². The van der Waals surface area contributed by atoms with Crippen LogP contribution in [0, 0.1) is 23.2 Å². The molecule has 0 aliphatic heterocycles. The third kappa shape index (κ3) is 2.26. The summed E-state index contributed by atoms with van der Waals surface area (Å²) < 4.78 is 0. The fourth-order valence-electron chi connectivity index (χ4n) is 3.46. The molecular weight excluding hydrogens is 184 g/mol. The Morgan fingerprint density at radius 1 is 1.07 bits per heavy atom. The largest absolute Gasteiger partial charge is 0.299 e. The summed E-state index contributed by atoms with van der Waals surface area (Å²) in [5.74, 6) is 2.38. The Morgan fingerprint density at radius 2 is 1.80 bits per heavy atom. The van der Waals surface area contributed by atoms with Gasteiger partial charge in [-0.3, -0.25) is 4.79 Å². The third-order valence-corrected chi connectivity index (χ3v) is 4.63. The minimum Gasteiger partial charge on any atom is -0.299 e. The maximum atomic E-state index is 12.2. The second-order valence-electron chi connectivity index (χ2n) is 6.61. The van der Waals surface area contributed by atoms with Crippen molar-refractivity contribution in [2.75, 3.05) is 0 Å². The minimum atomic E-state index is 0.314. The molecule has 2 fully saturated rings. The second-order valence-corrected chi connectivity index (χ2v) is 6.61. The summed E-state index contributed by atoms with van der Waals surface area (Å²) in [4.78, 5) is 12.2. The van der Waals surface area contributed by atoms with Crippen LogP contribution in [-0.4, -0.2) is 5.78 Å². The topological polar surface area (TPSA) is 17.1 Å². The Balaban J connectivity index is 2.09. The monoisotopic (exact) mass is 208 g/mol. The molecule has 2 aliphatic carbocycles. The molecule has 2 rings (SSSR count). The van der Waals surface area contributed by atoms with Gasteiger partial charge < -0.3 is 0 Å². The van der Waals surface area contributed by atoms with Crippen molar-refractivity contribution in [2.45, 2.75) is 59.3 Å². The molecule has 0 N–H and O–H groups in total. The van der Waals surface area contributed by atoms with Crippen LogP contribution in [0.15, 0.2) is 0 Å². The van der Waals surface area contributed by atoms with Crippen molar-refractivity contribution in [3.63, 3.8) is 0 Å². The van der Waals surface area contributed by atoms with Crippen LogP contribution < -0.4 is 0 Å². The van der Waals surface area contributed by atoms with Crippen LogP contribution in [0.2, 0.25) is 0 Å². The molecule has 86 valence electrons. The Kier molecular flexibility index (Phi) is 2.92. The van der Waals surface area contributed by atoms with Gasteiger partial charge in [-0.2, -0.15) is 0 Å². The molecule has 0 unspecified atom stereocenters. The SMILES string of the molecule is CC(C)(C)[C@H]1CC[C@@H]2CCC[C@@H]2C(=O)C1. The molecule has 0 aromatic carbocycles. The molecule has 0 radical (unpaired) electrons. The van der Waals surface area contributed by atoms with Gasteiger partial charge in [0.25, 0.3) is 0 Å². The van der Waals surface area contributed by atoms with E-state index in [-0.39, 0.29) is 0 Å². The van der Waals surface area contributed by atoms with Crippen LogP contribution >= 0.6 is 0 Å². The number of fused-ring (bicyclic) bond motifs is 1. The van der Waals surface area contributed by atoms with Crippen molar-refractivity contribution < 1.29 is 4.79 Å². The first-order valence-corrected chi connectivity index (χ1v) is 6.51. The van der Waals surface area contributed by atoms with Crippen molar-refractivity contribution in [1.82, 2.24) is 0 Å². The number of carbonyl (C=O) groups is 1. The molecule has 15 heavy (non-hydrogen) atoms. The first-order chi connectivity index (χ1) is 6.98. The minimum absolute atomic E-state index is 0.314. The van der Waals surface area contributed by atoms with E-state index in [1.54, 1.807) is 0 Å². The van der Waals surface area contributed by atoms with Crippen molar-refractivity contribution >= 4 is 5.78 Å². The lowest BCUT2D eigenvalue weighted by Gasteiger charge is -2.29. The van der Waals surface area contributed by atoms with Crippen LogP contribution in [0.1, 0.15) is 59.3 Å². The van der Waals surface area contributed by atoms with Gasteiger partial charge in [-0.25, -0.2) is 0 Å². The Morgan fingerprint density at radius 3 is 2.47 bits per heavy atom. The highest BCUT2D eigenvalue weighted by Gasteiger charge is 2.39. The summed E-state index contributed by atoms with van der Waals surface area (Å²) in [6.07, 6.45) is 7.22. The Labute approximate surface area is 93.6 Å². The van der Waals surface area contributed by atoms with Crippen LogP contribution in [0.5, 0.6) is 0 Å². The van der Waals surface area contributed by atoms with Crippen LogP contribution in [0.3, 0.4) is 0 Å². The van der Waals surface area contributed by atoms with E-state index in [2.05, 4.69) is 20.8 Å². The number of rotatable bonds is 0. The first kappa shape index (κ1) is 11.2. The van der Waals surface area contributed by atoms with Gasteiger partial charge in [0.2, 0.25) is 0 Å². The van der Waals surface area contributed by atoms with Gasteiger partial charge in [0.15, 0.2) is 0 Å². The third-order valence-electron chi connectivity index (χ3n) is 4.63.